The van der Waals surface area contributed by atoms with E-state index < -0.39 is 0 Å². The second-order valence-corrected chi connectivity index (χ2v) is 5.78. The van der Waals surface area contributed by atoms with E-state index in [4.69, 9.17) is 5.73 Å². The van der Waals surface area contributed by atoms with Crippen molar-refractivity contribution in [2.45, 2.75) is 17.9 Å². The SMILES string of the molecule is CSc1ccc(C(=O)N2CCc3cnc(N)nc3C2)cc1. The molecule has 1 amide bonds. The lowest BCUT2D eigenvalue weighted by Crippen LogP contribution is -2.36. The van der Waals surface area contributed by atoms with Gasteiger partial charge in [-0.3, -0.25) is 4.79 Å². The highest BCUT2D eigenvalue weighted by molar-refractivity contribution is 7.98. The Labute approximate surface area is 127 Å². The Hall–Kier alpha value is -2.08. The second kappa shape index (κ2) is 5.73. The number of nitrogens with zero attached hydrogens (tertiary/aromatic N) is 3. The van der Waals surface area contributed by atoms with Crippen molar-refractivity contribution < 1.29 is 4.79 Å². The third-order valence-electron chi connectivity index (χ3n) is 3.59. The van der Waals surface area contributed by atoms with E-state index in [0.717, 1.165) is 22.6 Å². The predicted molar refractivity (Wildman–Crippen MR) is 83.1 cm³/mol. The smallest absolute Gasteiger partial charge is 0.254 e. The van der Waals surface area contributed by atoms with Gasteiger partial charge in [0.25, 0.3) is 5.91 Å². The molecule has 0 unspecified atom stereocenters. The van der Waals surface area contributed by atoms with Crippen molar-refractivity contribution in [1.82, 2.24) is 14.9 Å². The van der Waals surface area contributed by atoms with Crippen LogP contribution in [0.15, 0.2) is 35.4 Å². The number of aromatic nitrogens is 2. The first kappa shape index (κ1) is 13.9. The van der Waals surface area contributed by atoms with E-state index in [1.807, 2.05) is 35.4 Å². The van der Waals surface area contributed by atoms with Crippen molar-refractivity contribution in [3.8, 4) is 0 Å². The summed E-state index contributed by atoms with van der Waals surface area (Å²) in [7, 11) is 0. The first-order valence-electron chi connectivity index (χ1n) is 6.71. The minimum Gasteiger partial charge on any atom is -0.368 e. The van der Waals surface area contributed by atoms with Gasteiger partial charge in [0.2, 0.25) is 5.95 Å². The van der Waals surface area contributed by atoms with Gasteiger partial charge >= 0.3 is 0 Å². The first-order chi connectivity index (χ1) is 10.2. The highest BCUT2D eigenvalue weighted by Gasteiger charge is 2.23. The maximum atomic E-state index is 12.5. The number of nitrogens with two attached hydrogens (primary N) is 1. The van der Waals surface area contributed by atoms with Gasteiger partial charge in [0, 0.05) is 23.2 Å². The van der Waals surface area contributed by atoms with Gasteiger partial charge in [0.15, 0.2) is 0 Å². The Kier molecular flexibility index (Phi) is 3.79. The number of amides is 1. The van der Waals surface area contributed by atoms with Gasteiger partial charge in [-0.25, -0.2) is 9.97 Å². The molecule has 0 spiro atoms. The van der Waals surface area contributed by atoms with Crippen LogP contribution in [0.25, 0.3) is 0 Å². The topological polar surface area (TPSA) is 72.1 Å². The van der Waals surface area contributed by atoms with Gasteiger partial charge in [-0.05, 0) is 42.5 Å². The molecule has 6 heteroatoms. The first-order valence-corrected chi connectivity index (χ1v) is 7.93. The van der Waals surface area contributed by atoms with Crippen LogP contribution in [0.1, 0.15) is 21.6 Å². The summed E-state index contributed by atoms with van der Waals surface area (Å²) in [5, 5.41) is 0. The standard InChI is InChI=1S/C15H16N4OS/c1-21-12-4-2-10(3-5-12)14(20)19-7-6-11-8-17-15(16)18-13(11)9-19/h2-5,8H,6-7,9H2,1H3,(H2,16,17,18). The summed E-state index contributed by atoms with van der Waals surface area (Å²) in [6.45, 7) is 1.18. The van der Waals surface area contributed by atoms with Crippen LogP contribution in [0.3, 0.4) is 0 Å². The Morgan fingerprint density at radius 3 is 2.81 bits per heavy atom. The van der Waals surface area contributed by atoms with Crippen LogP contribution >= 0.6 is 11.8 Å². The van der Waals surface area contributed by atoms with Crippen LogP contribution in [-0.4, -0.2) is 33.6 Å². The summed E-state index contributed by atoms with van der Waals surface area (Å²) in [4.78, 5) is 23.7. The Bertz CT molecular complexity index is 672. The van der Waals surface area contributed by atoms with Crippen molar-refractivity contribution in [2.75, 3.05) is 18.5 Å². The predicted octanol–water partition coefficient (Wildman–Crippen LogP) is 1.98. The molecule has 0 radical (unpaired) electrons. The number of carbonyl (C=O) groups is 1. The molecule has 1 aromatic carbocycles. The molecule has 0 atom stereocenters. The average molecular weight is 300 g/mol. The zero-order chi connectivity index (χ0) is 14.8. The Morgan fingerprint density at radius 1 is 1.33 bits per heavy atom. The van der Waals surface area contributed by atoms with Crippen molar-refractivity contribution in [1.29, 1.82) is 0 Å². The number of anilines is 1. The van der Waals surface area contributed by atoms with E-state index in [0.29, 0.717) is 18.7 Å². The largest absolute Gasteiger partial charge is 0.368 e. The molecule has 5 nitrogen and oxygen atoms in total. The van der Waals surface area contributed by atoms with Gasteiger partial charge in [0.1, 0.15) is 0 Å². The molecule has 108 valence electrons. The number of benzene rings is 1. The van der Waals surface area contributed by atoms with E-state index in [1.165, 1.54) is 0 Å². The quantitative estimate of drug-likeness (QED) is 0.859. The average Bonchev–Trinajstić information content (AvgIpc) is 2.53. The molecule has 3 rings (SSSR count). The van der Waals surface area contributed by atoms with E-state index in [2.05, 4.69) is 9.97 Å². The molecule has 0 saturated heterocycles. The van der Waals surface area contributed by atoms with Gasteiger partial charge in [0.05, 0.1) is 12.2 Å². The van der Waals surface area contributed by atoms with Gasteiger partial charge in [-0.2, -0.15) is 0 Å². The molecule has 0 bridgehead atoms. The van der Waals surface area contributed by atoms with E-state index in [-0.39, 0.29) is 11.9 Å². The van der Waals surface area contributed by atoms with Crippen molar-refractivity contribution in [3.63, 3.8) is 0 Å². The highest BCUT2D eigenvalue weighted by atomic mass is 32.2. The molecule has 2 N–H and O–H groups in total. The van der Waals surface area contributed by atoms with E-state index in [9.17, 15) is 4.79 Å². The molecule has 21 heavy (non-hydrogen) atoms. The van der Waals surface area contributed by atoms with Gasteiger partial charge in [-0.15, -0.1) is 11.8 Å². The lowest BCUT2D eigenvalue weighted by Gasteiger charge is -2.28. The summed E-state index contributed by atoms with van der Waals surface area (Å²) in [5.74, 6) is 0.290. The van der Waals surface area contributed by atoms with Crippen molar-refractivity contribution >= 4 is 23.6 Å². The number of hydrogen-bond acceptors (Lipinski definition) is 5. The normalized spacial score (nSPS) is 13.9. The molecule has 0 saturated carbocycles. The highest BCUT2D eigenvalue weighted by Crippen LogP contribution is 2.20. The van der Waals surface area contributed by atoms with Crippen molar-refractivity contribution in [3.05, 3.63) is 47.3 Å². The fourth-order valence-electron chi connectivity index (χ4n) is 2.41. The molecular formula is C15H16N4OS. The molecule has 2 heterocycles. The summed E-state index contributed by atoms with van der Waals surface area (Å²) in [6.07, 6.45) is 4.54. The number of rotatable bonds is 2. The van der Waals surface area contributed by atoms with Crippen LogP contribution < -0.4 is 5.73 Å². The minimum absolute atomic E-state index is 0.0329. The van der Waals surface area contributed by atoms with Gasteiger partial charge in [-0.1, -0.05) is 0 Å². The third kappa shape index (κ3) is 2.85. The fourth-order valence-corrected chi connectivity index (χ4v) is 2.82. The molecule has 0 aliphatic carbocycles. The lowest BCUT2D eigenvalue weighted by atomic mass is 10.1. The van der Waals surface area contributed by atoms with E-state index in [1.54, 1.807) is 18.0 Å². The fraction of sp³-hybridized carbons (Fsp3) is 0.267. The maximum Gasteiger partial charge on any atom is 0.254 e. The zero-order valence-corrected chi connectivity index (χ0v) is 12.6. The molecule has 2 aromatic rings. The molecule has 0 fully saturated rings. The summed E-state index contributed by atoms with van der Waals surface area (Å²) in [5.41, 5.74) is 8.25. The number of fused-ring (bicyclic) bond motifs is 1. The minimum atomic E-state index is 0.0329. The number of hydrogen-bond donors (Lipinski definition) is 1. The zero-order valence-electron chi connectivity index (χ0n) is 11.7. The second-order valence-electron chi connectivity index (χ2n) is 4.91. The molecule has 1 aliphatic heterocycles. The number of carbonyl (C=O) groups excluding carboxylic acids is 1. The monoisotopic (exact) mass is 300 g/mol. The number of nitrogen functional groups attached to an aromatic ring is 1. The molecular weight excluding hydrogens is 284 g/mol. The van der Waals surface area contributed by atoms with Crippen molar-refractivity contribution in [2.24, 2.45) is 0 Å². The van der Waals surface area contributed by atoms with Crippen LogP contribution in [0.2, 0.25) is 0 Å². The number of thioether (sulfide) groups is 1. The summed E-state index contributed by atoms with van der Waals surface area (Å²) < 4.78 is 0. The maximum absolute atomic E-state index is 12.5. The molecule has 1 aromatic heterocycles. The van der Waals surface area contributed by atoms with Crippen LogP contribution in [0.5, 0.6) is 0 Å². The summed E-state index contributed by atoms with van der Waals surface area (Å²) >= 11 is 1.66. The van der Waals surface area contributed by atoms with Crippen LogP contribution in [0, 0.1) is 0 Å². The van der Waals surface area contributed by atoms with E-state index >= 15 is 0 Å². The van der Waals surface area contributed by atoms with Crippen LogP contribution in [-0.2, 0) is 13.0 Å². The lowest BCUT2D eigenvalue weighted by molar-refractivity contribution is 0.0731. The van der Waals surface area contributed by atoms with Gasteiger partial charge < -0.3 is 10.6 Å². The Balaban J connectivity index is 1.79. The van der Waals surface area contributed by atoms with Crippen LogP contribution in [0.4, 0.5) is 5.95 Å². The summed E-state index contributed by atoms with van der Waals surface area (Å²) in [6, 6.07) is 7.68. The third-order valence-corrected chi connectivity index (χ3v) is 4.33. The molecule has 1 aliphatic rings. The Morgan fingerprint density at radius 2 is 2.10 bits per heavy atom.